The highest BCUT2D eigenvalue weighted by molar-refractivity contribution is 9.10. The Hall–Kier alpha value is -1.68. The molecular weight excluding hydrogens is 292 g/mol. The molecule has 0 spiro atoms. The number of hydrogen-bond donors (Lipinski definition) is 1. The Morgan fingerprint density at radius 3 is 2.61 bits per heavy atom. The number of benzene rings is 1. The Morgan fingerprint density at radius 2 is 2.00 bits per heavy atom. The first-order valence-corrected chi connectivity index (χ1v) is 6.51. The molecule has 2 rings (SSSR count). The Kier molecular flexibility index (Phi) is 4.10. The Labute approximate surface area is 114 Å². The molecule has 3 nitrogen and oxygen atoms in total. The zero-order valence-electron chi connectivity index (χ0n) is 9.98. The molecule has 2 aromatic rings. The number of aryl methyl sites for hydroxylation is 1. The van der Waals surface area contributed by atoms with Crippen LogP contribution in [0.5, 0.6) is 0 Å². The maximum Gasteiger partial charge on any atom is 0.258 e. The summed E-state index contributed by atoms with van der Waals surface area (Å²) < 4.78 is 0.549. The molecule has 1 amide bonds. The SMILES string of the molecule is CCc1ccc(NC(=O)c2cccnc2Br)cc1. The summed E-state index contributed by atoms with van der Waals surface area (Å²) in [7, 11) is 0. The van der Waals surface area contributed by atoms with Crippen molar-refractivity contribution in [1.29, 1.82) is 0 Å². The highest BCUT2D eigenvalue weighted by Gasteiger charge is 2.10. The summed E-state index contributed by atoms with van der Waals surface area (Å²) in [6, 6.07) is 11.3. The summed E-state index contributed by atoms with van der Waals surface area (Å²) in [5.74, 6) is -0.167. The molecule has 4 heteroatoms. The molecule has 0 radical (unpaired) electrons. The van der Waals surface area contributed by atoms with E-state index in [4.69, 9.17) is 0 Å². The van der Waals surface area contributed by atoms with Crippen LogP contribution in [0.15, 0.2) is 47.2 Å². The van der Waals surface area contributed by atoms with Crippen molar-refractivity contribution >= 4 is 27.5 Å². The van der Waals surface area contributed by atoms with Crippen molar-refractivity contribution in [2.24, 2.45) is 0 Å². The smallest absolute Gasteiger partial charge is 0.258 e. The van der Waals surface area contributed by atoms with Gasteiger partial charge in [-0.05, 0) is 52.2 Å². The third-order valence-corrected chi connectivity index (χ3v) is 3.26. The minimum Gasteiger partial charge on any atom is -0.322 e. The van der Waals surface area contributed by atoms with Crippen molar-refractivity contribution in [2.45, 2.75) is 13.3 Å². The van der Waals surface area contributed by atoms with E-state index in [1.54, 1.807) is 18.3 Å². The maximum atomic E-state index is 12.0. The lowest BCUT2D eigenvalue weighted by molar-refractivity contribution is 0.102. The van der Waals surface area contributed by atoms with Gasteiger partial charge in [0.2, 0.25) is 0 Å². The van der Waals surface area contributed by atoms with Crippen molar-refractivity contribution in [1.82, 2.24) is 4.98 Å². The molecule has 1 aromatic carbocycles. The molecule has 0 aliphatic heterocycles. The predicted molar refractivity (Wildman–Crippen MR) is 75.7 cm³/mol. The van der Waals surface area contributed by atoms with Crippen LogP contribution in [0.1, 0.15) is 22.8 Å². The Morgan fingerprint density at radius 1 is 1.28 bits per heavy atom. The van der Waals surface area contributed by atoms with E-state index in [0.717, 1.165) is 12.1 Å². The number of carbonyl (C=O) groups is 1. The molecule has 1 aromatic heterocycles. The number of nitrogens with zero attached hydrogens (tertiary/aromatic N) is 1. The molecule has 0 saturated heterocycles. The van der Waals surface area contributed by atoms with Crippen LogP contribution in [0.3, 0.4) is 0 Å². The van der Waals surface area contributed by atoms with E-state index in [9.17, 15) is 4.79 Å². The summed E-state index contributed by atoms with van der Waals surface area (Å²) in [5, 5.41) is 2.84. The van der Waals surface area contributed by atoms with Crippen molar-refractivity contribution in [3.63, 3.8) is 0 Å². The van der Waals surface area contributed by atoms with Gasteiger partial charge >= 0.3 is 0 Å². The fourth-order valence-electron chi connectivity index (χ4n) is 1.58. The molecule has 1 N–H and O–H groups in total. The first-order valence-electron chi connectivity index (χ1n) is 5.71. The van der Waals surface area contributed by atoms with E-state index in [1.807, 2.05) is 24.3 Å². The monoisotopic (exact) mass is 304 g/mol. The Balaban J connectivity index is 2.14. The lowest BCUT2D eigenvalue weighted by Gasteiger charge is -2.06. The van der Waals surface area contributed by atoms with Gasteiger partial charge in [0.05, 0.1) is 5.56 Å². The lowest BCUT2D eigenvalue weighted by Crippen LogP contribution is -2.12. The van der Waals surface area contributed by atoms with Crippen LogP contribution < -0.4 is 5.32 Å². The zero-order valence-corrected chi connectivity index (χ0v) is 11.6. The molecule has 0 atom stereocenters. The number of amides is 1. The molecule has 0 unspecified atom stereocenters. The van der Waals surface area contributed by atoms with Crippen molar-refractivity contribution in [2.75, 3.05) is 5.32 Å². The molecule has 0 aliphatic carbocycles. The summed E-state index contributed by atoms with van der Waals surface area (Å²) in [5.41, 5.74) is 2.56. The van der Waals surface area contributed by atoms with Gasteiger partial charge in [-0.15, -0.1) is 0 Å². The number of rotatable bonds is 3. The van der Waals surface area contributed by atoms with Crippen LogP contribution in [-0.4, -0.2) is 10.9 Å². The van der Waals surface area contributed by atoms with Crippen LogP contribution in [0.25, 0.3) is 0 Å². The van der Waals surface area contributed by atoms with Gasteiger partial charge < -0.3 is 5.32 Å². The minimum atomic E-state index is -0.167. The molecule has 92 valence electrons. The highest BCUT2D eigenvalue weighted by Crippen LogP contribution is 2.16. The quantitative estimate of drug-likeness (QED) is 0.879. The van der Waals surface area contributed by atoms with Gasteiger partial charge in [-0.3, -0.25) is 4.79 Å². The van der Waals surface area contributed by atoms with Gasteiger partial charge in [-0.1, -0.05) is 19.1 Å². The van der Waals surface area contributed by atoms with E-state index in [2.05, 4.69) is 33.2 Å². The number of pyridine rings is 1. The summed E-state index contributed by atoms with van der Waals surface area (Å²) in [6.07, 6.45) is 2.62. The molecule has 1 heterocycles. The first-order chi connectivity index (χ1) is 8.70. The van der Waals surface area contributed by atoms with Crippen LogP contribution in [-0.2, 0) is 6.42 Å². The molecule has 0 bridgehead atoms. The molecule has 0 fully saturated rings. The second-order valence-electron chi connectivity index (χ2n) is 3.85. The normalized spacial score (nSPS) is 10.1. The van der Waals surface area contributed by atoms with Crippen LogP contribution in [0, 0.1) is 0 Å². The number of halogens is 1. The van der Waals surface area contributed by atoms with E-state index < -0.39 is 0 Å². The van der Waals surface area contributed by atoms with Gasteiger partial charge in [0.1, 0.15) is 4.60 Å². The van der Waals surface area contributed by atoms with Gasteiger partial charge in [0.25, 0.3) is 5.91 Å². The van der Waals surface area contributed by atoms with Gasteiger partial charge in [-0.2, -0.15) is 0 Å². The van der Waals surface area contributed by atoms with E-state index in [0.29, 0.717) is 10.2 Å². The van der Waals surface area contributed by atoms with E-state index in [-0.39, 0.29) is 5.91 Å². The second kappa shape index (κ2) is 5.78. The highest BCUT2D eigenvalue weighted by atomic mass is 79.9. The van der Waals surface area contributed by atoms with Crippen LogP contribution in [0.4, 0.5) is 5.69 Å². The zero-order chi connectivity index (χ0) is 13.0. The number of hydrogen-bond acceptors (Lipinski definition) is 2. The third kappa shape index (κ3) is 2.96. The van der Waals surface area contributed by atoms with Gasteiger partial charge in [0, 0.05) is 11.9 Å². The van der Waals surface area contributed by atoms with Crippen molar-refractivity contribution in [3.05, 3.63) is 58.3 Å². The number of nitrogens with one attached hydrogen (secondary N) is 1. The summed E-state index contributed by atoms with van der Waals surface area (Å²) >= 11 is 3.26. The molecule has 0 aliphatic rings. The number of carbonyl (C=O) groups excluding carboxylic acids is 1. The molecular formula is C14H13BrN2O. The number of anilines is 1. The molecule has 18 heavy (non-hydrogen) atoms. The van der Waals surface area contributed by atoms with Gasteiger partial charge in [0.15, 0.2) is 0 Å². The summed E-state index contributed by atoms with van der Waals surface area (Å²) in [4.78, 5) is 16.0. The second-order valence-corrected chi connectivity index (χ2v) is 4.60. The summed E-state index contributed by atoms with van der Waals surface area (Å²) in [6.45, 7) is 2.10. The fraction of sp³-hybridized carbons (Fsp3) is 0.143. The molecule has 0 saturated carbocycles. The largest absolute Gasteiger partial charge is 0.322 e. The fourth-order valence-corrected chi connectivity index (χ4v) is 2.01. The van der Waals surface area contributed by atoms with E-state index in [1.165, 1.54) is 5.56 Å². The number of aromatic nitrogens is 1. The topological polar surface area (TPSA) is 42.0 Å². The lowest BCUT2D eigenvalue weighted by atomic mass is 10.1. The maximum absolute atomic E-state index is 12.0. The predicted octanol–water partition coefficient (Wildman–Crippen LogP) is 3.66. The van der Waals surface area contributed by atoms with Crippen molar-refractivity contribution in [3.8, 4) is 0 Å². The average Bonchev–Trinajstić information content (AvgIpc) is 2.40. The average molecular weight is 305 g/mol. The minimum absolute atomic E-state index is 0.167. The van der Waals surface area contributed by atoms with Crippen LogP contribution in [0.2, 0.25) is 0 Å². The van der Waals surface area contributed by atoms with Gasteiger partial charge in [-0.25, -0.2) is 4.98 Å². The Bertz CT molecular complexity index is 552. The first kappa shape index (κ1) is 12.8. The van der Waals surface area contributed by atoms with Crippen molar-refractivity contribution < 1.29 is 4.79 Å². The standard InChI is InChI=1S/C14H13BrN2O/c1-2-10-5-7-11(8-6-10)17-14(18)12-4-3-9-16-13(12)15/h3-9H,2H2,1H3,(H,17,18). The van der Waals surface area contributed by atoms with E-state index >= 15 is 0 Å². The third-order valence-electron chi connectivity index (χ3n) is 2.62. The van der Waals surface area contributed by atoms with Crippen LogP contribution >= 0.6 is 15.9 Å².